The molecule has 0 saturated carbocycles. The van der Waals surface area contributed by atoms with Crippen LogP contribution < -0.4 is 0 Å². The molecule has 1 aliphatic heterocycles. The summed E-state index contributed by atoms with van der Waals surface area (Å²) >= 11 is 1.77. The second kappa shape index (κ2) is 9.44. The van der Waals surface area contributed by atoms with Crippen molar-refractivity contribution in [3.8, 4) is 0 Å². The maximum atomic E-state index is 13.4. The van der Waals surface area contributed by atoms with Crippen molar-refractivity contribution in [3.63, 3.8) is 0 Å². The fraction of sp³-hybridized carbons (Fsp3) is 0.478. The van der Waals surface area contributed by atoms with Crippen LogP contribution in [0.3, 0.4) is 0 Å². The van der Waals surface area contributed by atoms with Crippen LogP contribution in [0.25, 0.3) is 0 Å². The van der Waals surface area contributed by atoms with Crippen molar-refractivity contribution < 1.29 is 9.59 Å². The Bertz CT molecular complexity index is 844. The van der Waals surface area contributed by atoms with Gasteiger partial charge < -0.3 is 14.7 Å². The van der Waals surface area contributed by atoms with Gasteiger partial charge in [0, 0.05) is 32.1 Å². The highest BCUT2D eigenvalue weighted by atomic mass is 32.1. The first-order valence-electron chi connectivity index (χ1n) is 10.3. The summed E-state index contributed by atoms with van der Waals surface area (Å²) in [5.41, 5.74) is 3.55. The molecular formula is C23H31N3O2S. The van der Waals surface area contributed by atoms with E-state index in [1.807, 2.05) is 4.90 Å². The summed E-state index contributed by atoms with van der Waals surface area (Å²) in [6.45, 7) is 5.58. The number of aryl methyl sites for hydroxylation is 1. The van der Waals surface area contributed by atoms with E-state index in [1.54, 1.807) is 35.2 Å². The summed E-state index contributed by atoms with van der Waals surface area (Å²) in [6.07, 6.45) is 2.75. The summed E-state index contributed by atoms with van der Waals surface area (Å²) in [5.74, 6) is 0.0127. The SMILES string of the molecule is CCCCN(CC(=O)N1CCc2sccc2[C@H]1c1ccc(C)cc1)C(=O)N(C)C. The monoisotopic (exact) mass is 413 g/mol. The zero-order valence-electron chi connectivity index (χ0n) is 17.9. The van der Waals surface area contributed by atoms with E-state index >= 15 is 0 Å². The first kappa shape index (κ1) is 21.4. The van der Waals surface area contributed by atoms with Gasteiger partial charge in [-0.05, 0) is 42.3 Å². The number of nitrogens with zero attached hydrogens (tertiary/aromatic N) is 3. The molecule has 1 atom stereocenters. The van der Waals surface area contributed by atoms with Crippen molar-refractivity contribution in [2.45, 2.75) is 39.2 Å². The summed E-state index contributed by atoms with van der Waals surface area (Å²) in [5, 5.41) is 2.11. The zero-order valence-corrected chi connectivity index (χ0v) is 18.7. The molecule has 0 unspecified atom stereocenters. The molecule has 0 radical (unpaired) electrons. The van der Waals surface area contributed by atoms with Crippen LogP contribution in [0, 0.1) is 6.92 Å². The largest absolute Gasteiger partial charge is 0.331 e. The lowest BCUT2D eigenvalue weighted by atomic mass is 9.92. The van der Waals surface area contributed by atoms with Gasteiger partial charge >= 0.3 is 6.03 Å². The highest BCUT2D eigenvalue weighted by molar-refractivity contribution is 7.10. The second-order valence-electron chi connectivity index (χ2n) is 7.90. The van der Waals surface area contributed by atoms with Crippen LogP contribution in [0.4, 0.5) is 4.79 Å². The molecule has 3 rings (SSSR count). The third-order valence-electron chi connectivity index (χ3n) is 5.44. The number of benzene rings is 1. The minimum atomic E-state index is -0.105. The highest BCUT2D eigenvalue weighted by Crippen LogP contribution is 2.37. The van der Waals surface area contributed by atoms with Crippen molar-refractivity contribution in [1.82, 2.24) is 14.7 Å². The van der Waals surface area contributed by atoms with E-state index in [2.05, 4.69) is 49.6 Å². The van der Waals surface area contributed by atoms with Crippen LogP contribution in [0.1, 0.15) is 47.4 Å². The average molecular weight is 414 g/mol. The number of rotatable bonds is 6. The Labute approximate surface area is 177 Å². The lowest BCUT2D eigenvalue weighted by Gasteiger charge is -2.38. The van der Waals surface area contributed by atoms with E-state index in [0.29, 0.717) is 13.1 Å². The normalized spacial score (nSPS) is 15.7. The van der Waals surface area contributed by atoms with E-state index in [-0.39, 0.29) is 24.5 Å². The first-order chi connectivity index (χ1) is 13.9. The molecule has 0 fully saturated rings. The van der Waals surface area contributed by atoms with Crippen LogP contribution in [0.2, 0.25) is 0 Å². The van der Waals surface area contributed by atoms with E-state index in [0.717, 1.165) is 24.8 Å². The molecule has 29 heavy (non-hydrogen) atoms. The van der Waals surface area contributed by atoms with Gasteiger partial charge in [0.2, 0.25) is 5.91 Å². The number of hydrogen-bond acceptors (Lipinski definition) is 3. The number of carbonyl (C=O) groups is 2. The molecule has 1 aromatic heterocycles. The molecular weight excluding hydrogens is 382 g/mol. The predicted octanol–water partition coefficient (Wildman–Crippen LogP) is 4.31. The molecule has 6 heteroatoms. The fourth-order valence-electron chi connectivity index (χ4n) is 3.82. The van der Waals surface area contributed by atoms with E-state index in [9.17, 15) is 9.59 Å². The predicted molar refractivity (Wildman–Crippen MR) is 118 cm³/mol. The van der Waals surface area contributed by atoms with Crippen molar-refractivity contribution in [2.75, 3.05) is 33.7 Å². The molecule has 0 spiro atoms. The highest BCUT2D eigenvalue weighted by Gasteiger charge is 2.34. The molecule has 0 bridgehead atoms. The summed E-state index contributed by atoms with van der Waals surface area (Å²) in [7, 11) is 3.47. The fourth-order valence-corrected chi connectivity index (χ4v) is 4.73. The summed E-state index contributed by atoms with van der Waals surface area (Å²) < 4.78 is 0. The van der Waals surface area contributed by atoms with Gasteiger partial charge in [-0.15, -0.1) is 11.3 Å². The van der Waals surface area contributed by atoms with Gasteiger partial charge in [-0.3, -0.25) is 4.79 Å². The van der Waals surface area contributed by atoms with Crippen LogP contribution in [0.5, 0.6) is 0 Å². The maximum absolute atomic E-state index is 13.4. The zero-order chi connectivity index (χ0) is 21.0. The molecule has 0 N–H and O–H groups in total. The van der Waals surface area contributed by atoms with Crippen LogP contribution in [-0.2, 0) is 11.2 Å². The van der Waals surface area contributed by atoms with Crippen molar-refractivity contribution >= 4 is 23.3 Å². The molecule has 156 valence electrons. The van der Waals surface area contributed by atoms with E-state index < -0.39 is 0 Å². The maximum Gasteiger partial charge on any atom is 0.319 e. The Kier molecular flexibility index (Phi) is 6.96. The van der Waals surface area contributed by atoms with Gasteiger partial charge in [-0.1, -0.05) is 43.2 Å². The van der Waals surface area contributed by atoms with Crippen LogP contribution in [-0.4, -0.2) is 60.4 Å². The topological polar surface area (TPSA) is 43.9 Å². The Morgan fingerprint density at radius 3 is 2.55 bits per heavy atom. The second-order valence-corrected chi connectivity index (χ2v) is 8.90. The lowest BCUT2D eigenvalue weighted by molar-refractivity contribution is -0.134. The standard InChI is InChI=1S/C23H31N3O2S/c1-5-6-13-25(23(28)24(3)4)16-21(27)26-14-11-20-19(12-15-29-20)22(26)18-9-7-17(2)8-10-18/h7-10,12,15,22H,5-6,11,13-14,16H2,1-4H3/t22-/m1/s1. The number of thiophene rings is 1. The number of fused-ring (bicyclic) bond motifs is 1. The average Bonchev–Trinajstić information content (AvgIpc) is 3.19. The summed E-state index contributed by atoms with van der Waals surface area (Å²) in [4.78, 5) is 32.5. The van der Waals surface area contributed by atoms with Gasteiger partial charge in [0.15, 0.2) is 0 Å². The molecule has 5 nitrogen and oxygen atoms in total. The van der Waals surface area contributed by atoms with Crippen LogP contribution in [0.15, 0.2) is 35.7 Å². The minimum absolute atomic E-state index is 0.0127. The Morgan fingerprint density at radius 1 is 1.17 bits per heavy atom. The third-order valence-corrected chi connectivity index (χ3v) is 6.44. The van der Waals surface area contributed by atoms with Crippen LogP contribution >= 0.6 is 11.3 Å². The number of unbranched alkanes of at least 4 members (excludes halogenated alkanes) is 1. The number of carbonyl (C=O) groups excluding carboxylic acids is 2. The van der Waals surface area contributed by atoms with Crippen molar-refractivity contribution in [1.29, 1.82) is 0 Å². The molecule has 0 aliphatic carbocycles. The molecule has 2 aromatic rings. The summed E-state index contributed by atoms with van der Waals surface area (Å²) in [6, 6.07) is 10.4. The van der Waals surface area contributed by atoms with Gasteiger partial charge in [0.25, 0.3) is 0 Å². The molecule has 1 aromatic carbocycles. The lowest BCUT2D eigenvalue weighted by Crippen LogP contribution is -2.49. The molecule has 1 aliphatic rings. The van der Waals surface area contributed by atoms with Gasteiger partial charge in [0.05, 0.1) is 6.04 Å². The van der Waals surface area contributed by atoms with Gasteiger partial charge in [-0.25, -0.2) is 4.79 Å². The van der Waals surface area contributed by atoms with Gasteiger partial charge in [-0.2, -0.15) is 0 Å². The Balaban J connectivity index is 1.87. The molecule has 0 saturated heterocycles. The minimum Gasteiger partial charge on any atom is -0.331 e. The Hall–Kier alpha value is -2.34. The van der Waals surface area contributed by atoms with Crippen molar-refractivity contribution in [2.24, 2.45) is 0 Å². The van der Waals surface area contributed by atoms with E-state index in [1.165, 1.54) is 16.0 Å². The number of urea groups is 1. The van der Waals surface area contributed by atoms with E-state index in [4.69, 9.17) is 0 Å². The first-order valence-corrected chi connectivity index (χ1v) is 11.2. The number of hydrogen-bond donors (Lipinski definition) is 0. The smallest absolute Gasteiger partial charge is 0.319 e. The number of amides is 3. The molecule has 3 amide bonds. The van der Waals surface area contributed by atoms with Crippen molar-refractivity contribution in [3.05, 3.63) is 57.3 Å². The third kappa shape index (κ3) is 4.81. The Morgan fingerprint density at radius 2 is 1.90 bits per heavy atom. The van der Waals surface area contributed by atoms with Gasteiger partial charge in [0.1, 0.15) is 6.54 Å². The quantitative estimate of drug-likeness (QED) is 0.708. The molecule has 2 heterocycles.